The number of non-ortho nitro benzene ring substituents is 1. The number of ketones is 1. The molecular formula is C20H22N2O5. The molecule has 2 aliphatic rings. The Labute approximate surface area is 157 Å². The van der Waals surface area contributed by atoms with Crippen LogP contribution in [0.2, 0.25) is 0 Å². The van der Waals surface area contributed by atoms with E-state index < -0.39 is 22.7 Å². The molecule has 142 valence electrons. The number of rotatable bonds is 4. The van der Waals surface area contributed by atoms with Gasteiger partial charge < -0.3 is 4.74 Å². The number of esters is 1. The van der Waals surface area contributed by atoms with Crippen LogP contribution in [0, 0.1) is 16.0 Å². The summed E-state index contributed by atoms with van der Waals surface area (Å²) in [5.74, 6) is -1.69. The molecule has 0 saturated heterocycles. The van der Waals surface area contributed by atoms with Gasteiger partial charge in [-0.3, -0.25) is 24.7 Å². The molecule has 1 heterocycles. The molecule has 1 aliphatic heterocycles. The largest absolute Gasteiger partial charge is 0.462 e. The lowest BCUT2D eigenvalue weighted by Crippen LogP contribution is -2.38. The van der Waals surface area contributed by atoms with E-state index in [-0.39, 0.29) is 17.6 Å². The molecule has 0 aromatic heterocycles. The minimum atomic E-state index is -0.713. The summed E-state index contributed by atoms with van der Waals surface area (Å²) < 4.78 is 5.43. The van der Waals surface area contributed by atoms with Crippen molar-refractivity contribution in [3.8, 4) is 0 Å². The third-order valence-corrected chi connectivity index (χ3v) is 4.90. The van der Waals surface area contributed by atoms with Gasteiger partial charge in [-0.25, -0.2) is 0 Å². The van der Waals surface area contributed by atoms with Gasteiger partial charge in [-0.1, -0.05) is 12.1 Å². The molecule has 1 unspecified atom stereocenters. The van der Waals surface area contributed by atoms with E-state index in [9.17, 15) is 19.7 Å². The fraction of sp³-hybridized carbons (Fsp3) is 0.450. The first-order valence-corrected chi connectivity index (χ1v) is 9.06. The van der Waals surface area contributed by atoms with Gasteiger partial charge in [0.15, 0.2) is 5.78 Å². The Morgan fingerprint density at radius 1 is 1.26 bits per heavy atom. The molecular weight excluding hydrogens is 348 g/mol. The van der Waals surface area contributed by atoms with Crippen LogP contribution in [0.5, 0.6) is 0 Å². The van der Waals surface area contributed by atoms with Crippen molar-refractivity contribution >= 4 is 23.2 Å². The molecule has 3 rings (SSSR count). The molecule has 0 N–H and O–H groups in total. The lowest BCUT2D eigenvalue weighted by Gasteiger charge is -2.34. The van der Waals surface area contributed by atoms with Gasteiger partial charge in [-0.2, -0.15) is 0 Å². The molecule has 1 aromatic carbocycles. The van der Waals surface area contributed by atoms with E-state index in [0.29, 0.717) is 29.7 Å². The molecule has 0 fully saturated rings. The van der Waals surface area contributed by atoms with Crippen molar-refractivity contribution in [3.63, 3.8) is 0 Å². The normalized spacial score (nSPS) is 22.4. The van der Waals surface area contributed by atoms with Crippen molar-refractivity contribution in [2.45, 2.75) is 52.1 Å². The van der Waals surface area contributed by atoms with E-state index in [1.807, 2.05) is 0 Å². The maximum absolute atomic E-state index is 12.8. The predicted octanol–water partition coefficient (Wildman–Crippen LogP) is 3.73. The molecule has 7 heteroatoms. The van der Waals surface area contributed by atoms with Gasteiger partial charge in [0.1, 0.15) is 5.92 Å². The number of aliphatic imine (C=N–C) groups is 1. The zero-order chi connectivity index (χ0) is 19.7. The zero-order valence-electron chi connectivity index (χ0n) is 15.6. The third-order valence-electron chi connectivity index (χ3n) is 4.90. The summed E-state index contributed by atoms with van der Waals surface area (Å²) in [6, 6.07) is 6.02. The van der Waals surface area contributed by atoms with Gasteiger partial charge >= 0.3 is 5.97 Å². The van der Waals surface area contributed by atoms with E-state index >= 15 is 0 Å². The van der Waals surface area contributed by atoms with Gasteiger partial charge in [0.05, 0.1) is 11.0 Å². The molecule has 0 radical (unpaired) electrons. The van der Waals surface area contributed by atoms with E-state index in [1.165, 1.54) is 12.1 Å². The second-order valence-corrected chi connectivity index (χ2v) is 7.18. The smallest absolute Gasteiger partial charge is 0.315 e. The summed E-state index contributed by atoms with van der Waals surface area (Å²) in [5, 5.41) is 11.0. The second-order valence-electron chi connectivity index (χ2n) is 7.18. The highest BCUT2D eigenvalue weighted by Gasteiger charge is 2.43. The van der Waals surface area contributed by atoms with Gasteiger partial charge in [0, 0.05) is 41.5 Å². The van der Waals surface area contributed by atoms with E-state index in [1.54, 1.807) is 32.9 Å². The van der Waals surface area contributed by atoms with Crippen molar-refractivity contribution in [3.05, 3.63) is 51.2 Å². The summed E-state index contributed by atoms with van der Waals surface area (Å²) in [7, 11) is 0. The Bertz CT molecular complexity index is 852. The van der Waals surface area contributed by atoms with Crippen LogP contribution in [-0.4, -0.2) is 28.5 Å². The first-order chi connectivity index (χ1) is 12.8. The number of Topliss-reactive ketones (excluding diaryl/α,β-unsaturated/α-hetero) is 1. The van der Waals surface area contributed by atoms with Gasteiger partial charge in [0.2, 0.25) is 0 Å². The highest BCUT2D eigenvalue weighted by Crippen LogP contribution is 2.43. The monoisotopic (exact) mass is 370 g/mol. The fourth-order valence-corrected chi connectivity index (χ4v) is 3.78. The molecule has 0 spiro atoms. The predicted molar refractivity (Wildman–Crippen MR) is 99.5 cm³/mol. The van der Waals surface area contributed by atoms with Crippen LogP contribution in [0.15, 0.2) is 40.5 Å². The van der Waals surface area contributed by atoms with Crippen molar-refractivity contribution in [2.75, 3.05) is 0 Å². The van der Waals surface area contributed by atoms with Crippen molar-refractivity contribution in [2.24, 2.45) is 10.9 Å². The van der Waals surface area contributed by atoms with Crippen LogP contribution in [-0.2, 0) is 14.3 Å². The number of carbonyl (C=O) groups excluding carboxylic acids is 2. The number of ether oxygens (including phenoxy) is 1. The Kier molecular flexibility index (Phi) is 5.21. The highest BCUT2D eigenvalue weighted by molar-refractivity contribution is 6.08. The van der Waals surface area contributed by atoms with Crippen LogP contribution in [0.4, 0.5) is 5.69 Å². The molecule has 27 heavy (non-hydrogen) atoms. The minimum absolute atomic E-state index is 0.0156. The molecule has 0 bridgehead atoms. The Hall–Kier alpha value is -2.83. The fourth-order valence-electron chi connectivity index (χ4n) is 3.78. The standard InChI is InChI=1S/C20H22N2O5/c1-11(2)27-20(24)17-12(3)21-15-5-4-6-16(23)19(15)18(17)13-7-9-14(10-8-13)22(25)26/h7-11,17-18H,4-6H2,1-3H3/t17?,18-/m1/s1. The summed E-state index contributed by atoms with van der Waals surface area (Å²) >= 11 is 0. The average molecular weight is 370 g/mol. The number of nitro groups is 1. The maximum atomic E-state index is 12.8. The molecule has 2 atom stereocenters. The third kappa shape index (κ3) is 3.67. The second kappa shape index (κ2) is 7.42. The summed E-state index contributed by atoms with van der Waals surface area (Å²) in [6.45, 7) is 5.31. The van der Waals surface area contributed by atoms with E-state index in [0.717, 1.165) is 12.1 Å². The maximum Gasteiger partial charge on any atom is 0.315 e. The lowest BCUT2D eigenvalue weighted by molar-refractivity contribution is -0.384. The Morgan fingerprint density at radius 2 is 1.93 bits per heavy atom. The summed E-state index contributed by atoms with van der Waals surface area (Å²) in [5.41, 5.74) is 2.53. The highest BCUT2D eigenvalue weighted by atomic mass is 16.6. The first kappa shape index (κ1) is 18.9. The zero-order valence-corrected chi connectivity index (χ0v) is 15.6. The summed E-state index contributed by atoms with van der Waals surface area (Å²) in [4.78, 5) is 40.6. The van der Waals surface area contributed by atoms with E-state index in [2.05, 4.69) is 4.99 Å². The van der Waals surface area contributed by atoms with Crippen molar-refractivity contribution in [1.29, 1.82) is 0 Å². The Morgan fingerprint density at radius 3 is 2.52 bits per heavy atom. The molecule has 0 saturated carbocycles. The number of carbonyl (C=O) groups is 2. The SMILES string of the molecule is CC1=NC2=C(C(=O)CCC2)[C@H](c2ccc([N+](=O)[O-])cc2)C1C(=O)OC(C)C. The summed E-state index contributed by atoms with van der Waals surface area (Å²) in [6.07, 6.45) is 1.55. The van der Waals surface area contributed by atoms with Crippen molar-refractivity contribution in [1.82, 2.24) is 0 Å². The number of benzene rings is 1. The van der Waals surface area contributed by atoms with Crippen LogP contribution in [0.1, 0.15) is 51.5 Å². The van der Waals surface area contributed by atoms with Gasteiger partial charge in [0.25, 0.3) is 5.69 Å². The van der Waals surface area contributed by atoms with Crippen LogP contribution < -0.4 is 0 Å². The number of hydrogen-bond acceptors (Lipinski definition) is 6. The number of hydrogen-bond donors (Lipinski definition) is 0. The number of nitrogens with zero attached hydrogens (tertiary/aromatic N) is 2. The molecule has 7 nitrogen and oxygen atoms in total. The molecule has 1 aromatic rings. The Balaban J connectivity index is 2.11. The van der Waals surface area contributed by atoms with Crippen LogP contribution in [0.3, 0.4) is 0 Å². The van der Waals surface area contributed by atoms with Crippen LogP contribution >= 0.6 is 0 Å². The van der Waals surface area contributed by atoms with E-state index in [4.69, 9.17) is 4.74 Å². The molecule has 1 aliphatic carbocycles. The number of allylic oxidation sites excluding steroid dienone is 2. The van der Waals surface area contributed by atoms with Gasteiger partial charge in [-0.15, -0.1) is 0 Å². The van der Waals surface area contributed by atoms with Gasteiger partial charge in [-0.05, 0) is 39.2 Å². The number of nitro benzene ring substituents is 1. The quantitative estimate of drug-likeness (QED) is 0.457. The topological polar surface area (TPSA) is 98.9 Å². The lowest BCUT2D eigenvalue weighted by atomic mass is 9.72. The minimum Gasteiger partial charge on any atom is -0.462 e. The molecule has 0 amide bonds. The van der Waals surface area contributed by atoms with Crippen molar-refractivity contribution < 1.29 is 19.2 Å². The van der Waals surface area contributed by atoms with Crippen LogP contribution in [0.25, 0.3) is 0 Å². The average Bonchev–Trinajstić information content (AvgIpc) is 2.60. The first-order valence-electron chi connectivity index (χ1n) is 9.06.